The van der Waals surface area contributed by atoms with Gasteiger partial charge in [-0.2, -0.15) is 0 Å². The van der Waals surface area contributed by atoms with E-state index in [0.29, 0.717) is 11.5 Å². The topological polar surface area (TPSA) is 38.7 Å². The second kappa shape index (κ2) is 5.53. The molecule has 2 rings (SSSR count). The molecule has 1 N–H and O–H groups in total. The van der Waals surface area contributed by atoms with Gasteiger partial charge in [0.15, 0.2) is 0 Å². The molecule has 0 amide bonds. The minimum Gasteiger partial charge on any atom is -0.416 e. The third-order valence-corrected chi connectivity index (χ3v) is 3.59. The molecule has 94 valence electrons. The lowest BCUT2D eigenvalue weighted by molar-refractivity contribution is 0.376. The molecule has 0 heterocycles. The van der Waals surface area contributed by atoms with Gasteiger partial charge in [0.1, 0.15) is 11.5 Å². The van der Waals surface area contributed by atoms with Crippen LogP contribution in [0, 0.1) is 6.92 Å². The predicted molar refractivity (Wildman–Crippen MR) is 75.4 cm³/mol. The average Bonchev–Trinajstić information content (AvgIpc) is 2.32. The summed E-state index contributed by atoms with van der Waals surface area (Å²) in [6, 6.07) is 16.2. The zero-order valence-corrected chi connectivity index (χ0v) is 11.5. The van der Waals surface area contributed by atoms with Crippen molar-refractivity contribution in [1.82, 2.24) is 0 Å². The summed E-state index contributed by atoms with van der Waals surface area (Å²) in [5.41, 5.74) is 0.900. The molecule has 1 unspecified atom stereocenters. The van der Waals surface area contributed by atoms with E-state index in [1.54, 1.807) is 30.3 Å². The fourth-order valence-electron chi connectivity index (χ4n) is 1.42. The number of hydrogen-bond acceptors (Lipinski definition) is 3. The molecule has 0 spiro atoms. The van der Waals surface area contributed by atoms with E-state index in [1.165, 1.54) is 0 Å². The second-order valence-corrected chi connectivity index (χ2v) is 6.42. The first-order valence-corrected chi connectivity index (χ1v) is 7.98. The lowest BCUT2D eigenvalue weighted by Gasteiger charge is -2.18. The van der Waals surface area contributed by atoms with Gasteiger partial charge in [0.2, 0.25) is 0 Å². The summed E-state index contributed by atoms with van der Waals surface area (Å²) in [6.07, 6.45) is 0. The Morgan fingerprint density at radius 1 is 0.944 bits per heavy atom. The van der Waals surface area contributed by atoms with E-state index < -0.39 is 6.72 Å². The first-order valence-electron chi connectivity index (χ1n) is 5.39. The molecule has 0 radical (unpaired) electrons. The van der Waals surface area contributed by atoms with Crippen molar-refractivity contribution >= 4 is 18.5 Å². The van der Waals surface area contributed by atoms with Crippen molar-refractivity contribution in [3.05, 3.63) is 60.2 Å². The Kier molecular flexibility index (Phi) is 4.02. The van der Waals surface area contributed by atoms with Crippen LogP contribution in [0.5, 0.6) is 11.5 Å². The van der Waals surface area contributed by atoms with Gasteiger partial charge in [-0.1, -0.05) is 36.4 Å². The van der Waals surface area contributed by atoms with Gasteiger partial charge in [-0.25, -0.2) is 0 Å². The van der Waals surface area contributed by atoms with E-state index in [4.69, 9.17) is 20.9 Å². The highest BCUT2D eigenvalue weighted by Gasteiger charge is 2.19. The first kappa shape index (κ1) is 13.1. The number of hydrogen-bond donors (Lipinski definition) is 1. The van der Waals surface area contributed by atoms with Crippen LogP contribution in [0.2, 0.25) is 0 Å². The highest BCUT2D eigenvalue weighted by atomic mass is 32.5. The highest BCUT2D eigenvalue weighted by molar-refractivity contribution is 8.07. The maximum atomic E-state index is 10.0. The van der Waals surface area contributed by atoms with E-state index in [0.717, 1.165) is 5.56 Å². The Hall–Kier alpha value is -1.35. The van der Waals surface area contributed by atoms with Crippen LogP contribution in [0.15, 0.2) is 54.6 Å². The molecule has 2 aromatic rings. The number of benzene rings is 2. The van der Waals surface area contributed by atoms with Crippen LogP contribution < -0.4 is 9.05 Å². The minimum atomic E-state index is -3.33. The van der Waals surface area contributed by atoms with Gasteiger partial charge >= 0.3 is 6.72 Å². The molecule has 0 saturated heterocycles. The van der Waals surface area contributed by atoms with Crippen molar-refractivity contribution in [2.24, 2.45) is 0 Å². The van der Waals surface area contributed by atoms with Crippen LogP contribution in [-0.4, -0.2) is 4.89 Å². The average molecular weight is 280 g/mol. The summed E-state index contributed by atoms with van der Waals surface area (Å²) in [5.74, 6) is 1.04. The number of para-hydroxylation sites is 2. The van der Waals surface area contributed by atoms with Crippen LogP contribution in [0.3, 0.4) is 0 Å². The van der Waals surface area contributed by atoms with Crippen molar-refractivity contribution in [1.29, 1.82) is 0 Å². The molecule has 0 bridgehead atoms. The molecule has 0 aliphatic carbocycles. The Morgan fingerprint density at radius 3 is 2.22 bits per heavy atom. The molecular weight excluding hydrogens is 267 g/mol. The summed E-state index contributed by atoms with van der Waals surface area (Å²) < 4.78 is 10.7. The van der Waals surface area contributed by atoms with E-state index in [-0.39, 0.29) is 0 Å². The molecule has 0 aliphatic rings. The molecular formula is C13H13O3PS. The van der Waals surface area contributed by atoms with Gasteiger partial charge in [0.05, 0.1) is 0 Å². The quantitative estimate of drug-likeness (QED) is 0.867. The molecule has 0 fully saturated rings. The van der Waals surface area contributed by atoms with Gasteiger partial charge in [0.25, 0.3) is 0 Å². The lowest BCUT2D eigenvalue weighted by Crippen LogP contribution is -2.00. The minimum absolute atomic E-state index is 0.497. The summed E-state index contributed by atoms with van der Waals surface area (Å²) in [6.45, 7) is -1.45. The number of rotatable bonds is 4. The third-order valence-electron chi connectivity index (χ3n) is 2.27. The van der Waals surface area contributed by atoms with Gasteiger partial charge < -0.3 is 13.9 Å². The van der Waals surface area contributed by atoms with Crippen LogP contribution >= 0.6 is 6.72 Å². The van der Waals surface area contributed by atoms with Gasteiger partial charge in [-0.05, 0) is 30.7 Å². The van der Waals surface area contributed by atoms with Crippen molar-refractivity contribution in [3.8, 4) is 11.5 Å². The van der Waals surface area contributed by atoms with Gasteiger partial charge in [-0.3, -0.25) is 0 Å². The van der Waals surface area contributed by atoms with E-state index in [2.05, 4.69) is 0 Å². The van der Waals surface area contributed by atoms with E-state index in [1.807, 2.05) is 31.2 Å². The van der Waals surface area contributed by atoms with E-state index >= 15 is 0 Å². The van der Waals surface area contributed by atoms with Gasteiger partial charge in [-0.15, -0.1) is 0 Å². The summed E-state index contributed by atoms with van der Waals surface area (Å²) in [7, 11) is 0. The Bertz CT molecular complexity index is 571. The SMILES string of the molecule is Cc1ccccc1OP(O)(=S)Oc1ccccc1. The maximum Gasteiger partial charge on any atom is 0.432 e. The Labute approximate surface area is 111 Å². The molecule has 3 nitrogen and oxygen atoms in total. The number of aryl methyl sites for hydroxylation is 1. The van der Waals surface area contributed by atoms with Crippen LogP contribution in [0.1, 0.15) is 5.56 Å². The van der Waals surface area contributed by atoms with Crippen molar-refractivity contribution in [2.45, 2.75) is 6.92 Å². The molecule has 1 atom stereocenters. The summed E-state index contributed by atoms with van der Waals surface area (Å²) in [4.78, 5) is 10.0. The van der Waals surface area contributed by atoms with Crippen LogP contribution in [0.4, 0.5) is 0 Å². The molecule has 2 aromatic carbocycles. The normalized spacial score (nSPS) is 13.7. The van der Waals surface area contributed by atoms with Gasteiger partial charge in [0, 0.05) is 11.8 Å². The lowest BCUT2D eigenvalue weighted by atomic mass is 10.2. The van der Waals surface area contributed by atoms with Crippen molar-refractivity contribution < 1.29 is 13.9 Å². The van der Waals surface area contributed by atoms with Crippen LogP contribution in [-0.2, 0) is 11.8 Å². The largest absolute Gasteiger partial charge is 0.432 e. The molecule has 18 heavy (non-hydrogen) atoms. The molecule has 0 aliphatic heterocycles. The zero-order valence-electron chi connectivity index (χ0n) is 9.82. The van der Waals surface area contributed by atoms with Crippen molar-refractivity contribution in [3.63, 3.8) is 0 Å². The fourth-order valence-corrected chi connectivity index (χ4v) is 2.79. The summed E-state index contributed by atoms with van der Waals surface area (Å²) >= 11 is 4.99. The Balaban J connectivity index is 2.13. The summed E-state index contributed by atoms with van der Waals surface area (Å²) in [5, 5.41) is 0. The smallest absolute Gasteiger partial charge is 0.416 e. The van der Waals surface area contributed by atoms with E-state index in [9.17, 15) is 4.89 Å². The molecule has 5 heteroatoms. The third kappa shape index (κ3) is 3.57. The maximum absolute atomic E-state index is 10.0. The highest BCUT2D eigenvalue weighted by Crippen LogP contribution is 2.45. The zero-order chi connectivity index (χ0) is 13.0. The predicted octanol–water partition coefficient (Wildman–Crippen LogP) is 3.67. The Morgan fingerprint density at radius 2 is 1.56 bits per heavy atom. The van der Waals surface area contributed by atoms with Crippen LogP contribution in [0.25, 0.3) is 0 Å². The second-order valence-electron chi connectivity index (χ2n) is 3.73. The molecule has 0 aromatic heterocycles. The fraction of sp³-hybridized carbons (Fsp3) is 0.0769. The van der Waals surface area contributed by atoms with Crippen molar-refractivity contribution in [2.75, 3.05) is 0 Å². The first-order chi connectivity index (χ1) is 8.57. The molecule has 0 saturated carbocycles. The standard InChI is InChI=1S/C13H13O3PS/c1-11-7-5-6-10-13(11)16-17(14,18)15-12-8-3-2-4-9-12/h2-10H,1H3,(H,14,18). The monoisotopic (exact) mass is 280 g/mol.